The van der Waals surface area contributed by atoms with Crippen LogP contribution in [-0.4, -0.2) is 30.1 Å². The molecule has 1 fully saturated rings. The van der Waals surface area contributed by atoms with E-state index < -0.39 is 0 Å². The summed E-state index contributed by atoms with van der Waals surface area (Å²) in [5.41, 5.74) is 2.92. The fourth-order valence-electron chi connectivity index (χ4n) is 2.79. The Morgan fingerprint density at radius 3 is 2.88 bits per heavy atom. The molecule has 0 aliphatic carbocycles. The number of hydrogen-bond donors (Lipinski definition) is 2. The SMILES string of the molecule is O=C(NC[C@@H]1CCCO1)c1cccc(CNCc2cccnc2)c1. The summed E-state index contributed by atoms with van der Waals surface area (Å²) in [5.74, 6) is -0.0420. The molecule has 0 spiro atoms. The molecular weight excluding hydrogens is 302 g/mol. The molecule has 5 nitrogen and oxygen atoms in total. The lowest BCUT2D eigenvalue weighted by Gasteiger charge is -2.11. The molecule has 2 N–H and O–H groups in total. The molecular formula is C19H23N3O2. The highest BCUT2D eigenvalue weighted by atomic mass is 16.5. The van der Waals surface area contributed by atoms with E-state index in [1.54, 1.807) is 6.20 Å². The molecule has 0 radical (unpaired) electrons. The molecule has 1 amide bonds. The second kappa shape index (κ2) is 8.57. The van der Waals surface area contributed by atoms with Crippen molar-refractivity contribution in [2.45, 2.75) is 32.0 Å². The highest BCUT2D eigenvalue weighted by molar-refractivity contribution is 5.94. The minimum atomic E-state index is -0.0420. The standard InChI is InChI=1S/C19H23N3O2/c23-19(22-14-18-7-3-9-24-18)17-6-1-4-15(10-17)11-21-13-16-5-2-8-20-12-16/h1-2,4-6,8,10,12,18,21H,3,7,9,11,13-14H2,(H,22,23)/t18-/m0/s1. The molecule has 1 atom stereocenters. The van der Waals surface area contributed by atoms with Gasteiger partial charge in [-0.3, -0.25) is 9.78 Å². The van der Waals surface area contributed by atoms with Crippen LogP contribution in [-0.2, 0) is 17.8 Å². The zero-order valence-electron chi connectivity index (χ0n) is 13.7. The zero-order valence-corrected chi connectivity index (χ0v) is 13.7. The van der Waals surface area contributed by atoms with Gasteiger partial charge in [0, 0.05) is 44.2 Å². The molecule has 5 heteroatoms. The van der Waals surface area contributed by atoms with Crippen LogP contribution in [0.2, 0.25) is 0 Å². The van der Waals surface area contributed by atoms with Gasteiger partial charge in [0.1, 0.15) is 0 Å². The molecule has 0 saturated carbocycles. The van der Waals surface area contributed by atoms with Crippen LogP contribution >= 0.6 is 0 Å². The lowest BCUT2D eigenvalue weighted by molar-refractivity contribution is 0.0857. The van der Waals surface area contributed by atoms with E-state index in [4.69, 9.17) is 4.74 Å². The number of carbonyl (C=O) groups excluding carboxylic acids is 1. The van der Waals surface area contributed by atoms with E-state index in [9.17, 15) is 4.79 Å². The monoisotopic (exact) mass is 325 g/mol. The van der Waals surface area contributed by atoms with Gasteiger partial charge in [-0.1, -0.05) is 18.2 Å². The number of ether oxygens (including phenoxy) is 1. The van der Waals surface area contributed by atoms with Crippen LogP contribution < -0.4 is 10.6 Å². The van der Waals surface area contributed by atoms with E-state index in [2.05, 4.69) is 15.6 Å². The Hall–Kier alpha value is -2.24. The summed E-state index contributed by atoms with van der Waals surface area (Å²) in [6.07, 6.45) is 5.89. The summed E-state index contributed by atoms with van der Waals surface area (Å²) in [7, 11) is 0. The maximum Gasteiger partial charge on any atom is 0.251 e. The molecule has 1 aromatic carbocycles. The molecule has 0 bridgehead atoms. The van der Waals surface area contributed by atoms with Gasteiger partial charge >= 0.3 is 0 Å². The fourth-order valence-corrected chi connectivity index (χ4v) is 2.79. The molecule has 1 aliphatic rings. The molecule has 2 heterocycles. The van der Waals surface area contributed by atoms with Crippen molar-refractivity contribution in [3.05, 3.63) is 65.5 Å². The Morgan fingerprint density at radius 1 is 1.21 bits per heavy atom. The van der Waals surface area contributed by atoms with Crippen molar-refractivity contribution in [3.8, 4) is 0 Å². The van der Waals surface area contributed by atoms with Crippen molar-refractivity contribution in [2.24, 2.45) is 0 Å². The Bertz CT molecular complexity index is 655. The Kier molecular flexibility index (Phi) is 5.93. The number of aromatic nitrogens is 1. The maximum absolute atomic E-state index is 12.3. The first-order valence-electron chi connectivity index (χ1n) is 8.39. The summed E-state index contributed by atoms with van der Waals surface area (Å²) >= 11 is 0. The van der Waals surface area contributed by atoms with E-state index in [-0.39, 0.29) is 12.0 Å². The van der Waals surface area contributed by atoms with Crippen molar-refractivity contribution in [3.63, 3.8) is 0 Å². The van der Waals surface area contributed by atoms with Crippen molar-refractivity contribution in [2.75, 3.05) is 13.2 Å². The number of rotatable bonds is 7. The molecule has 0 unspecified atom stereocenters. The third-order valence-electron chi connectivity index (χ3n) is 4.08. The number of benzene rings is 1. The summed E-state index contributed by atoms with van der Waals surface area (Å²) in [6.45, 7) is 2.85. The highest BCUT2D eigenvalue weighted by Crippen LogP contribution is 2.11. The molecule has 126 valence electrons. The van der Waals surface area contributed by atoms with E-state index in [0.717, 1.165) is 37.1 Å². The van der Waals surface area contributed by atoms with E-state index >= 15 is 0 Å². The normalized spacial score (nSPS) is 16.9. The van der Waals surface area contributed by atoms with Gasteiger partial charge in [0.05, 0.1) is 6.10 Å². The van der Waals surface area contributed by atoms with Gasteiger partial charge < -0.3 is 15.4 Å². The smallest absolute Gasteiger partial charge is 0.251 e. The summed E-state index contributed by atoms with van der Waals surface area (Å²) in [5, 5.41) is 6.33. The number of nitrogens with one attached hydrogen (secondary N) is 2. The first-order chi connectivity index (χ1) is 11.8. The van der Waals surface area contributed by atoms with E-state index in [0.29, 0.717) is 18.7 Å². The van der Waals surface area contributed by atoms with E-state index in [1.807, 2.05) is 42.6 Å². The number of nitrogens with zero attached hydrogens (tertiary/aromatic N) is 1. The van der Waals surface area contributed by atoms with Crippen molar-refractivity contribution in [1.82, 2.24) is 15.6 Å². The highest BCUT2D eigenvalue weighted by Gasteiger charge is 2.16. The first-order valence-corrected chi connectivity index (χ1v) is 8.39. The lowest BCUT2D eigenvalue weighted by atomic mass is 10.1. The minimum absolute atomic E-state index is 0.0420. The third kappa shape index (κ3) is 4.88. The number of amides is 1. The number of carbonyl (C=O) groups is 1. The molecule has 24 heavy (non-hydrogen) atoms. The third-order valence-corrected chi connectivity index (χ3v) is 4.08. The summed E-state index contributed by atoms with van der Waals surface area (Å²) in [6, 6.07) is 11.7. The van der Waals surface area contributed by atoms with Gasteiger partial charge in [0.15, 0.2) is 0 Å². The molecule has 1 aromatic heterocycles. The topological polar surface area (TPSA) is 63.2 Å². The molecule has 2 aromatic rings. The zero-order chi connectivity index (χ0) is 16.6. The van der Waals surface area contributed by atoms with Gasteiger partial charge in [-0.15, -0.1) is 0 Å². The van der Waals surface area contributed by atoms with Crippen LogP contribution in [0.1, 0.15) is 34.3 Å². The first kappa shape index (κ1) is 16.6. The van der Waals surface area contributed by atoms with Crippen molar-refractivity contribution >= 4 is 5.91 Å². The molecule has 1 saturated heterocycles. The van der Waals surface area contributed by atoms with Gasteiger partial charge in [0.25, 0.3) is 5.91 Å². The average molecular weight is 325 g/mol. The quantitative estimate of drug-likeness (QED) is 0.820. The van der Waals surface area contributed by atoms with E-state index in [1.165, 1.54) is 0 Å². The predicted molar refractivity (Wildman–Crippen MR) is 92.5 cm³/mol. The van der Waals surface area contributed by atoms with Crippen LogP contribution in [0.4, 0.5) is 0 Å². The van der Waals surface area contributed by atoms with Crippen LogP contribution in [0.5, 0.6) is 0 Å². The average Bonchev–Trinajstić information content (AvgIpc) is 3.14. The Balaban J connectivity index is 1.48. The second-order valence-corrected chi connectivity index (χ2v) is 6.01. The maximum atomic E-state index is 12.3. The van der Waals surface area contributed by atoms with Crippen molar-refractivity contribution in [1.29, 1.82) is 0 Å². The van der Waals surface area contributed by atoms with Gasteiger partial charge in [0.2, 0.25) is 0 Å². The van der Waals surface area contributed by atoms with Crippen LogP contribution in [0.15, 0.2) is 48.8 Å². The minimum Gasteiger partial charge on any atom is -0.376 e. The molecule has 3 rings (SSSR count). The Morgan fingerprint density at radius 2 is 2.08 bits per heavy atom. The van der Waals surface area contributed by atoms with Crippen LogP contribution in [0.3, 0.4) is 0 Å². The Labute approximate surface area is 142 Å². The van der Waals surface area contributed by atoms with Gasteiger partial charge in [-0.2, -0.15) is 0 Å². The second-order valence-electron chi connectivity index (χ2n) is 6.01. The number of hydrogen-bond acceptors (Lipinski definition) is 4. The summed E-state index contributed by atoms with van der Waals surface area (Å²) < 4.78 is 5.53. The van der Waals surface area contributed by atoms with Gasteiger partial charge in [-0.05, 0) is 42.2 Å². The fraction of sp³-hybridized carbons (Fsp3) is 0.368. The van der Waals surface area contributed by atoms with Crippen molar-refractivity contribution < 1.29 is 9.53 Å². The van der Waals surface area contributed by atoms with Gasteiger partial charge in [-0.25, -0.2) is 0 Å². The lowest BCUT2D eigenvalue weighted by Crippen LogP contribution is -2.31. The predicted octanol–water partition coefficient (Wildman–Crippen LogP) is 2.28. The van der Waals surface area contributed by atoms with Crippen LogP contribution in [0, 0.1) is 0 Å². The molecule has 1 aliphatic heterocycles. The largest absolute Gasteiger partial charge is 0.376 e. The van der Waals surface area contributed by atoms with Crippen LogP contribution in [0.25, 0.3) is 0 Å². The summed E-state index contributed by atoms with van der Waals surface area (Å²) in [4.78, 5) is 16.4. The number of pyridine rings is 1.